The lowest BCUT2D eigenvalue weighted by molar-refractivity contribution is -0.133. The van der Waals surface area contributed by atoms with Crippen molar-refractivity contribution in [3.8, 4) is 0 Å². The Balaban J connectivity index is 2.02. The number of hydrogen-bond donors (Lipinski definition) is 2. The van der Waals surface area contributed by atoms with Gasteiger partial charge in [-0.1, -0.05) is 26.0 Å². The number of nitrogens with zero attached hydrogens (tertiary/aromatic N) is 1. The number of para-hydroxylation sites is 1. The predicted molar refractivity (Wildman–Crippen MR) is 95.5 cm³/mol. The monoisotopic (exact) mass is 395 g/mol. The van der Waals surface area contributed by atoms with Crippen molar-refractivity contribution < 1.29 is 14.4 Å². The van der Waals surface area contributed by atoms with Gasteiger partial charge in [0.05, 0.1) is 5.69 Å². The summed E-state index contributed by atoms with van der Waals surface area (Å²) in [6, 6.07) is 6.63. The lowest BCUT2D eigenvalue weighted by atomic mass is 9.92. The van der Waals surface area contributed by atoms with Crippen molar-refractivity contribution in [2.45, 2.75) is 39.2 Å². The number of carbonyl (C=O) groups excluding carboxylic acids is 3. The summed E-state index contributed by atoms with van der Waals surface area (Å²) in [7, 11) is 0. The normalized spacial score (nSPS) is 20.5. The average molecular weight is 396 g/mol. The Hall–Kier alpha value is -1.89. The van der Waals surface area contributed by atoms with Gasteiger partial charge in [-0.05, 0) is 53.7 Å². The maximum Gasteiger partial charge on any atom is 0.325 e. The summed E-state index contributed by atoms with van der Waals surface area (Å²) in [5, 5.41) is 5.41. The molecule has 24 heavy (non-hydrogen) atoms. The van der Waals surface area contributed by atoms with E-state index < -0.39 is 17.5 Å². The molecule has 130 valence electrons. The second-order valence-electron chi connectivity index (χ2n) is 6.61. The van der Waals surface area contributed by atoms with Gasteiger partial charge in [0.1, 0.15) is 12.1 Å². The van der Waals surface area contributed by atoms with Gasteiger partial charge in [-0.15, -0.1) is 0 Å². The van der Waals surface area contributed by atoms with E-state index in [-0.39, 0.29) is 12.5 Å². The topological polar surface area (TPSA) is 78.5 Å². The molecule has 2 rings (SSSR count). The van der Waals surface area contributed by atoms with Gasteiger partial charge in [-0.25, -0.2) is 4.79 Å². The molecule has 1 aromatic rings. The lowest BCUT2D eigenvalue weighted by Gasteiger charge is -2.22. The van der Waals surface area contributed by atoms with Crippen LogP contribution in [0.3, 0.4) is 0 Å². The van der Waals surface area contributed by atoms with E-state index >= 15 is 0 Å². The summed E-state index contributed by atoms with van der Waals surface area (Å²) < 4.78 is 0.734. The predicted octanol–water partition coefficient (Wildman–Crippen LogP) is 3.13. The Morgan fingerprint density at radius 1 is 1.33 bits per heavy atom. The maximum atomic E-state index is 12.6. The highest BCUT2D eigenvalue weighted by atomic mass is 79.9. The van der Waals surface area contributed by atoms with Crippen LogP contribution in [0.5, 0.6) is 0 Å². The first-order valence-electron chi connectivity index (χ1n) is 7.91. The fraction of sp³-hybridized carbons (Fsp3) is 0.471. The standard InChI is InChI=1S/C17H22BrN3O3/c1-11(2)8-9-17(3)15(23)21(16(24)20-17)10-14(22)19-13-7-5-4-6-12(13)18/h4-7,11H,8-10H2,1-3H3,(H,19,22)(H,20,24)/t17-/m1/s1. The minimum Gasteiger partial charge on any atom is -0.324 e. The second kappa shape index (κ2) is 7.34. The van der Waals surface area contributed by atoms with Crippen LogP contribution < -0.4 is 10.6 Å². The van der Waals surface area contributed by atoms with Crippen LogP contribution >= 0.6 is 15.9 Å². The third kappa shape index (κ3) is 4.14. The summed E-state index contributed by atoms with van der Waals surface area (Å²) in [5.41, 5.74) is -0.341. The van der Waals surface area contributed by atoms with Crippen molar-refractivity contribution in [1.82, 2.24) is 10.2 Å². The van der Waals surface area contributed by atoms with Gasteiger partial charge in [0.15, 0.2) is 0 Å². The van der Waals surface area contributed by atoms with Crippen LogP contribution in [0.15, 0.2) is 28.7 Å². The summed E-state index contributed by atoms with van der Waals surface area (Å²) >= 11 is 3.34. The largest absolute Gasteiger partial charge is 0.325 e. The Morgan fingerprint density at radius 2 is 2.00 bits per heavy atom. The van der Waals surface area contributed by atoms with Gasteiger partial charge in [0, 0.05) is 4.47 Å². The minimum absolute atomic E-state index is 0.302. The molecule has 1 heterocycles. The van der Waals surface area contributed by atoms with Gasteiger partial charge in [-0.2, -0.15) is 0 Å². The first kappa shape index (κ1) is 18.4. The van der Waals surface area contributed by atoms with E-state index in [4.69, 9.17) is 0 Å². The maximum absolute atomic E-state index is 12.6. The number of nitrogens with one attached hydrogen (secondary N) is 2. The van der Waals surface area contributed by atoms with Crippen LogP contribution in [0.2, 0.25) is 0 Å². The molecule has 1 fully saturated rings. The molecule has 1 aliphatic heterocycles. The van der Waals surface area contributed by atoms with Crippen molar-refractivity contribution in [2.24, 2.45) is 5.92 Å². The van der Waals surface area contributed by atoms with Crippen LogP contribution in [0.25, 0.3) is 0 Å². The fourth-order valence-corrected chi connectivity index (χ4v) is 2.92. The van der Waals surface area contributed by atoms with Crippen LogP contribution in [0.4, 0.5) is 10.5 Å². The van der Waals surface area contributed by atoms with E-state index in [1.165, 1.54) is 0 Å². The molecule has 0 bridgehead atoms. The van der Waals surface area contributed by atoms with Gasteiger partial charge in [0.2, 0.25) is 5.91 Å². The molecule has 0 aliphatic carbocycles. The number of benzene rings is 1. The molecule has 0 unspecified atom stereocenters. The number of rotatable bonds is 6. The molecule has 4 amide bonds. The van der Waals surface area contributed by atoms with Crippen molar-refractivity contribution >= 4 is 39.5 Å². The van der Waals surface area contributed by atoms with Crippen molar-refractivity contribution in [3.05, 3.63) is 28.7 Å². The molecule has 7 heteroatoms. The van der Waals surface area contributed by atoms with Crippen LogP contribution in [0, 0.1) is 5.92 Å². The number of anilines is 1. The van der Waals surface area contributed by atoms with E-state index in [1.807, 2.05) is 6.07 Å². The Labute approximate surface area is 150 Å². The molecule has 0 radical (unpaired) electrons. The van der Waals surface area contributed by atoms with E-state index in [1.54, 1.807) is 25.1 Å². The molecule has 6 nitrogen and oxygen atoms in total. The minimum atomic E-state index is -0.936. The zero-order valence-electron chi connectivity index (χ0n) is 14.1. The SMILES string of the molecule is CC(C)CC[C@@]1(C)NC(=O)N(CC(=O)Nc2ccccc2Br)C1=O. The molecule has 1 aromatic carbocycles. The number of imide groups is 1. The smallest absolute Gasteiger partial charge is 0.324 e. The fourth-order valence-electron chi connectivity index (χ4n) is 2.53. The molecule has 0 spiro atoms. The highest BCUT2D eigenvalue weighted by Crippen LogP contribution is 2.25. The average Bonchev–Trinajstić information content (AvgIpc) is 2.72. The van der Waals surface area contributed by atoms with E-state index in [2.05, 4.69) is 40.4 Å². The lowest BCUT2D eigenvalue weighted by Crippen LogP contribution is -2.44. The first-order valence-corrected chi connectivity index (χ1v) is 8.71. The second-order valence-corrected chi connectivity index (χ2v) is 7.47. The van der Waals surface area contributed by atoms with E-state index in [0.29, 0.717) is 18.0 Å². The summed E-state index contributed by atoms with van der Waals surface area (Å²) in [4.78, 5) is 37.8. The highest BCUT2D eigenvalue weighted by Gasteiger charge is 2.47. The van der Waals surface area contributed by atoms with Crippen LogP contribution in [-0.2, 0) is 9.59 Å². The Kier molecular flexibility index (Phi) is 5.64. The van der Waals surface area contributed by atoms with E-state index in [9.17, 15) is 14.4 Å². The molecule has 1 aliphatic rings. The quantitative estimate of drug-likeness (QED) is 0.726. The van der Waals surface area contributed by atoms with Gasteiger partial charge in [0.25, 0.3) is 5.91 Å². The molecule has 1 saturated heterocycles. The summed E-state index contributed by atoms with van der Waals surface area (Å²) in [5.74, 6) is -0.340. The van der Waals surface area contributed by atoms with Crippen molar-refractivity contribution in [1.29, 1.82) is 0 Å². The van der Waals surface area contributed by atoms with Gasteiger partial charge in [-0.3, -0.25) is 14.5 Å². The molecule has 2 N–H and O–H groups in total. The Morgan fingerprint density at radius 3 is 2.62 bits per heavy atom. The number of urea groups is 1. The Bertz CT molecular complexity index is 662. The molecule has 0 aromatic heterocycles. The van der Waals surface area contributed by atoms with Crippen LogP contribution in [-0.4, -0.2) is 34.8 Å². The summed E-state index contributed by atoms with van der Waals surface area (Å²) in [6.07, 6.45) is 1.37. The summed E-state index contributed by atoms with van der Waals surface area (Å²) in [6.45, 7) is 5.53. The third-order valence-electron chi connectivity index (χ3n) is 4.02. The molecule has 1 atom stereocenters. The zero-order valence-corrected chi connectivity index (χ0v) is 15.6. The number of amides is 4. The van der Waals surface area contributed by atoms with Gasteiger partial charge < -0.3 is 10.6 Å². The number of halogens is 1. The third-order valence-corrected chi connectivity index (χ3v) is 4.71. The zero-order chi connectivity index (χ0) is 17.9. The molecular weight excluding hydrogens is 374 g/mol. The number of carbonyl (C=O) groups is 3. The molecule has 0 saturated carbocycles. The first-order chi connectivity index (χ1) is 11.2. The molecular formula is C17H22BrN3O3. The van der Waals surface area contributed by atoms with Crippen LogP contribution in [0.1, 0.15) is 33.6 Å². The van der Waals surface area contributed by atoms with E-state index in [0.717, 1.165) is 15.8 Å². The van der Waals surface area contributed by atoms with Crippen molar-refractivity contribution in [2.75, 3.05) is 11.9 Å². The van der Waals surface area contributed by atoms with Crippen molar-refractivity contribution in [3.63, 3.8) is 0 Å². The number of hydrogen-bond acceptors (Lipinski definition) is 3. The highest BCUT2D eigenvalue weighted by molar-refractivity contribution is 9.10. The van der Waals surface area contributed by atoms with Gasteiger partial charge >= 0.3 is 6.03 Å².